The van der Waals surface area contributed by atoms with Crippen molar-refractivity contribution in [3.8, 4) is 0 Å². The van der Waals surface area contributed by atoms with Gasteiger partial charge in [-0.2, -0.15) is 5.10 Å². The molecule has 0 aromatic carbocycles. The molecule has 7 heteroatoms. The molecule has 1 aliphatic heterocycles. The number of carbonyl (C=O) groups excluding carboxylic acids is 1. The van der Waals surface area contributed by atoms with Crippen LogP contribution in [-0.4, -0.2) is 27.3 Å². The highest BCUT2D eigenvalue weighted by Crippen LogP contribution is 2.20. The van der Waals surface area contributed by atoms with Gasteiger partial charge in [0.05, 0.1) is 18.5 Å². The Labute approximate surface area is 96.1 Å². The second kappa shape index (κ2) is 3.78. The minimum Gasteiger partial charge on any atom is -0.463 e. The Kier molecular flexibility index (Phi) is 2.14. The van der Waals surface area contributed by atoms with E-state index in [4.69, 9.17) is 4.42 Å². The molecule has 0 unspecified atom stereocenters. The van der Waals surface area contributed by atoms with Crippen LogP contribution in [0.2, 0.25) is 0 Å². The summed E-state index contributed by atoms with van der Waals surface area (Å²) >= 11 is 0. The van der Waals surface area contributed by atoms with E-state index in [9.17, 15) is 4.79 Å². The molecule has 1 aliphatic rings. The van der Waals surface area contributed by atoms with Gasteiger partial charge < -0.3 is 15.1 Å². The quantitative estimate of drug-likeness (QED) is 0.783. The summed E-state index contributed by atoms with van der Waals surface area (Å²) in [5, 5.41) is 9.43. The molecule has 2 aromatic heterocycles. The number of rotatable bonds is 2. The van der Waals surface area contributed by atoms with Crippen LogP contribution in [-0.2, 0) is 0 Å². The van der Waals surface area contributed by atoms with Crippen molar-refractivity contribution in [1.82, 2.24) is 25.4 Å². The summed E-state index contributed by atoms with van der Waals surface area (Å²) in [7, 11) is 0. The van der Waals surface area contributed by atoms with Crippen molar-refractivity contribution >= 4 is 11.7 Å². The van der Waals surface area contributed by atoms with Crippen LogP contribution in [0.15, 0.2) is 41.2 Å². The number of hydrogen-bond acceptors (Lipinski definition) is 4. The first-order valence-corrected chi connectivity index (χ1v) is 5.01. The van der Waals surface area contributed by atoms with Gasteiger partial charge >= 0.3 is 6.03 Å². The molecule has 3 heterocycles. The standard InChI is InChI=1S/C10H9N5O2/c16-10-12-4-7(14-10)9(8-2-1-3-17-8)15-6-11-5-13-15/h1-3,5-6H,4H2,(H2,12,14,16). The fraction of sp³-hybridized carbons (Fsp3) is 0.100. The molecule has 1 saturated heterocycles. The summed E-state index contributed by atoms with van der Waals surface area (Å²) in [5.74, 6) is 0.620. The summed E-state index contributed by atoms with van der Waals surface area (Å²) in [6.07, 6.45) is 4.54. The van der Waals surface area contributed by atoms with E-state index in [0.717, 1.165) is 0 Å². The van der Waals surface area contributed by atoms with Gasteiger partial charge in [-0.3, -0.25) is 0 Å². The minimum absolute atomic E-state index is 0.232. The third kappa shape index (κ3) is 1.67. The fourth-order valence-corrected chi connectivity index (χ4v) is 1.67. The Bertz CT molecular complexity index is 519. The maximum atomic E-state index is 11.2. The maximum absolute atomic E-state index is 11.2. The smallest absolute Gasteiger partial charge is 0.319 e. The predicted octanol–water partition coefficient (Wildman–Crippen LogP) is 0.401. The lowest BCUT2D eigenvalue weighted by Crippen LogP contribution is -2.20. The lowest BCUT2D eigenvalue weighted by molar-refractivity contribution is 0.249. The molecule has 7 nitrogen and oxygen atoms in total. The number of hydrogen-bond donors (Lipinski definition) is 2. The highest BCUT2D eigenvalue weighted by molar-refractivity contribution is 5.83. The minimum atomic E-state index is -0.232. The molecule has 0 radical (unpaired) electrons. The summed E-state index contributed by atoms with van der Waals surface area (Å²) in [6.45, 7) is 0.411. The van der Waals surface area contributed by atoms with E-state index in [0.29, 0.717) is 23.7 Å². The number of carbonyl (C=O) groups is 1. The zero-order valence-electron chi connectivity index (χ0n) is 8.75. The molecule has 0 bridgehead atoms. The van der Waals surface area contributed by atoms with Crippen LogP contribution in [0, 0.1) is 0 Å². The first kappa shape index (κ1) is 9.64. The number of amides is 2. The molecule has 0 atom stereocenters. The molecule has 1 fully saturated rings. The Morgan fingerprint density at radius 1 is 1.53 bits per heavy atom. The van der Waals surface area contributed by atoms with Gasteiger partial charge in [0.25, 0.3) is 0 Å². The Morgan fingerprint density at radius 2 is 2.47 bits per heavy atom. The molecule has 0 saturated carbocycles. The molecular weight excluding hydrogens is 222 g/mol. The summed E-state index contributed by atoms with van der Waals surface area (Å²) in [4.78, 5) is 15.1. The van der Waals surface area contributed by atoms with Crippen molar-refractivity contribution in [3.05, 3.63) is 42.5 Å². The van der Waals surface area contributed by atoms with Crippen LogP contribution in [0.4, 0.5) is 4.79 Å². The molecule has 2 amide bonds. The average Bonchev–Trinajstić information content (AvgIpc) is 3.02. The van der Waals surface area contributed by atoms with Crippen LogP contribution < -0.4 is 10.6 Å². The SMILES string of the molecule is O=C1NCC(=C(c2ccco2)n2cncn2)N1. The largest absolute Gasteiger partial charge is 0.463 e. The lowest BCUT2D eigenvalue weighted by Gasteiger charge is -2.07. The maximum Gasteiger partial charge on any atom is 0.319 e. The van der Waals surface area contributed by atoms with Crippen LogP contribution >= 0.6 is 0 Å². The van der Waals surface area contributed by atoms with Crippen molar-refractivity contribution < 1.29 is 9.21 Å². The van der Waals surface area contributed by atoms with E-state index in [-0.39, 0.29) is 6.03 Å². The second-order valence-electron chi connectivity index (χ2n) is 3.45. The summed E-state index contributed by atoms with van der Waals surface area (Å²) in [5.41, 5.74) is 1.38. The van der Waals surface area contributed by atoms with Gasteiger partial charge in [-0.25, -0.2) is 14.5 Å². The van der Waals surface area contributed by atoms with Crippen LogP contribution in [0.5, 0.6) is 0 Å². The number of nitrogens with zero attached hydrogens (tertiary/aromatic N) is 3. The monoisotopic (exact) mass is 231 g/mol. The van der Waals surface area contributed by atoms with Crippen molar-refractivity contribution in [2.24, 2.45) is 0 Å². The van der Waals surface area contributed by atoms with Gasteiger partial charge in [0.1, 0.15) is 18.4 Å². The van der Waals surface area contributed by atoms with E-state index in [1.807, 2.05) is 0 Å². The molecule has 0 aliphatic carbocycles. The van der Waals surface area contributed by atoms with Gasteiger partial charge in [-0.05, 0) is 12.1 Å². The van der Waals surface area contributed by atoms with Crippen molar-refractivity contribution in [2.75, 3.05) is 6.54 Å². The highest BCUT2D eigenvalue weighted by Gasteiger charge is 2.21. The third-order valence-electron chi connectivity index (χ3n) is 2.38. The van der Waals surface area contributed by atoms with Gasteiger partial charge in [0.2, 0.25) is 0 Å². The highest BCUT2D eigenvalue weighted by atomic mass is 16.3. The molecular formula is C10H9N5O2. The van der Waals surface area contributed by atoms with E-state index in [1.165, 1.54) is 6.33 Å². The van der Waals surface area contributed by atoms with Crippen molar-refractivity contribution in [3.63, 3.8) is 0 Å². The average molecular weight is 231 g/mol. The molecule has 2 N–H and O–H groups in total. The molecule has 17 heavy (non-hydrogen) atoms. The molecule has 0 spiro atoms. The predicted molar refractivity (Wildman–Crippen MR) is 57.6 cm³/mol. The third-order valence-corrected chi connectivity index (χ3v) is 2.38. The molecule has 3 rings (SSSR count). The number of urea groups is 1. The van der Waals surface area contributed by atoms with Gasteiger partial charge in [-0.15, -0.1) is 0 Å². The van der Waals surface area contributed by atoms with E-state index in [1.54, 1.807) is 29.4 Å². The van der Waals surface area contributed by atoms with Gasteiger partial charge in [-0.1, -0.05) is 0 Å². The number of aromatic nitrogens is 3. The Balaban J connectivity index is 2.12. The second-order valence-corrected chi connectivity index (χ2v) is 3.45. The lowest BCUT2D eigenvalue weighted by atomic mass is 10.2. The van der Waals surface area contributed by atoms with Gasteiger partial charge in [0.15, 0.2) is 5.76 Å². The van der Waals surface area contributed by atoms with E-state index in [2.05, 4.69) is 20.7 Å². The van der Waals surface area contributed by atoms with Crippen molar-refractivity contribution in [2.45, 2.75) is 0 Å². The van der Waals surface area contributed by atoms with E-state index >= 15 is 0 Å². The number of nitrogens with one attached hydrogen (secondary N) is 2. The summed E-state index contributed by atoms with van der Waals surface area (Å²) in [6, 6.07) is 3.34. The zero-order chi connectivity index (χ0) is 11.7. The fourth-order valence-electron chi connectivity index (χ4n) is 1.67. The number of furan rings is 1. The first-order chi connectivity index (χ1) is 8.34. The van der Waals surface area contributed by atoms with Crippen LogP contribution in [0.1, 0.15) is 5.76 Å². The van der Waals surface area contributed by atoms with Crippen LogP contribution in [0.25, 0.3) is 5.70 Å². The summed E-state index contributed by atoms with van der Waals surface area (Å²) < 4.78 is 6.90. The van der Waals surface area contributed by atoms with E-state index < -0.39 is 0 Å². The van der Waals surface area contributed by atoms with Gasteiger partial charge in [0, 0.05) is 0 Å². The normalized spacial score (nSPS) is 17.8. The Morgan fingerprint density at radius 3 is 3.06 bits per heavy atom. The first-order valence-electron chi connectivity index (χ1n) is 5.01. The van der Waals surface area contributed by atoms with Crippen molar-refractivity contribution in [1.29, 1.82) is 0 Å². The molecule has 86 valence electrons. The molecule has 2 aromatic rings. The van der Waals surface area contributed by atoms with Crippen LogP contribution in [0.3, 0.4) is 0 Å². The Hall–Kier alpha value is -2.57. The topological polar surface area (TPSA) is 85.0 Å². The zero-order valence-corrected chi connectivity index (χ0v) is 8.75.